The molecule has 35 heavy (non-hydrogen) atoms. The Bertz CT molecular complexity index is 1530. The van der Waals surface area contributed by atoms with Gasteiger partial charge in [-0.1, -0.05) is 24.3 Å². The zero-order valence-corrected chi connectivity index (χ0v) is 20.4. The summed E-state index contributed by atoms with van der Waals surface area (Å²) < 4.78 is 27.2. The minimum atomic E-state index is -3.92. The summed E-state index contributed by atoms with van der Waals surface area (Å²) in [5.74, 6) is 0.233. The number of amides is 1. The first-order valence-electron chi connectivity index (χ1n) is 11.3. The minimum absolute atomic E-state index is 0.0942. The molecule has 5 rings (SSSR count). The molecule has 0 spiro atoms. The number of rotatable bonds is 3. The van der Waals surface area contributed by atoms with Gasteiger partial charge in [0.15, 0.2) is 0 Å². The highest BCUT2D eigenvalue weighted by Crippen LogP contribution is 2.24. The van der Waals surface area contributed by atoms with E-state index in [1.54, 1.807) is 0 Å². The van der Waals surface area contributed by atoms with Gasteiger partial charge < -0.3 is 24.3 Å². The van der Waals surface area contributed by atoms with Gasteiger partial charge in [0.05, 0.1) is 47.4 Å². The molecule has 1 aliphatic rings. The van der Waals surface area contributed by atoms with Crippen molar-refractivity contribution >= 4 is 37.8 Å². The number of quaternary nitrogens is 1. The summed E-state index contributed by atoms with van der Waals surface area (Å²) in [5.41, 5.74) is 4.47. The van der Waals surface area contributed by atoms with Gasteiger partial charge in [-0.3, -0.25) is 9.59 Å². The molecule has 1 saturated heterocycles. The second-order valence-electron chi connectivity index (χ2n) is 8.90. The number of aromatic nitrogens is 2. The zero-order valence-electron chi connectivity index (χ0n) is 19.6. The van der Waals surface area contributed by atoms with Gasteiger partial charge in [0.2, 0.25) is 5.91 Å². The standard InChI is InChI=1S/C24H24N4O2.CH4O3S/c1-27-10-11-28(9-8-23(27)29)15-16-6-7-21-18(12-16)14-22(25-21)19-13-17-4-2-3-5-20(17)26-24(19)30;1-5(2,3)4/h2-7,12-14,25H,8-11,15H2,1H3,(H,26,30);1H3,(H,2,3,4). The number of carbonyl (C=O) groups excluding carboxylic acids is 1. The summed E-state index contributed by atoms with van der Waals surface area (Å²) in [6, 6.07) is 18.2. The van der Waals surface area contributed by atoms with Crippen molar-refractivity contribution < 1.29 is 22.7 Å². The average molecular weight is 497 g/mol. The van der Waals surface area contributed by atoms with Crippen molar-refractivity contribution in [3.63, 3.8) is 0 Å². The van der Waals surface area contributed by atoms with Crippen LogP contribution in [0, 0.1) is 0 Å². The third kappa shape index (κ3) is 6.36. The van der Waals surface area contributed by atoms with E-state index in [1.807, 2.05) is 48.3 Å². The van der Waals surface area contributed by atoms with Gasteiger partial charge in [0.1, 0.15) is 6.54 Å². The maximum Gasteiger partial charge on any atom is 0.257 e. The van der Waals surface area contributed by atoms with Crippen molar-refractivity contribution in [2.75, 3.05) is 32.9 Å². The number of fused-ring (bicyclic) bond motifs is 2. The van der Waals surface area contributed by atoms with Crippen LogP contribution in [-0.2, 0) is 21.5 Å². The van der Waals surface area contributed by atoms with Gasteiger partial charge in [-0.05, 0) is 35.7 Å². The van der Waals surface area contributed by atoms with Gasteiger partial charge >= 0.3 is 0 Å². The van der Waals surface area contributed by atoms with Gasteiger partial charge in [-0.2, -0.15) is 0 Å². The van der Waals surface area contributed by atoms with E-state index in [1.165, 1.54) is 10.5 Å². The van der Waals surface area contributed by atoms with Crippen LogP contribution in [0.4, 0.5) is 0 Å². The molecule has 1 unspecified atom stereocenters. The molecule has 1 amide bonds. The average Bonchev–Trinajstić information content (AvgIpc) is 3.14. The normalized spacial score (nSPS) is 16.7. The number of para-hydroxylation sites is 1. The fraction of sp³-hybridized carbons (Fsp3) is 0.280. The zero-order chi connectivity index (χ0) is 25.2. The second kappa shape index (κ2) is 10.0. The Morgan fingerprint density at radius 1 is 0.971 bits per heavy atom. The summed E-state index contributed by atoms with van der Waals surface area (Å²) in [6.45, 7) is 3.53. The minimum Gasteiger partial charge on any atom is -0.748 e. The molecule has 1 atom stereocenters. The van der Waals surface area contributed by atoms with Crippen LogP contribution in [0.1, 0.15) is 12.0 Å². The molecule has 2 aromatic carbocycles. The topological polar surface area (TPSA) is 131 Å². The Hall–Kier alpha value is -3.47. The predicted molar refractivity (Wildman–Crippen MR) is 134 cm³/mol. The number of nitrogens with one attached hydrogen (secondary N) is 3. The number of carbonyl (C=O) groups is 1. The van der Waals surface area contributed by atoms with Crippen molar-refractivity contribution in [2.45, 2.75) is 13.0 Å². The monoisotopic (exact) mass is 496 g/mol. The quantitative estimate of drug-likeness (QED) is 0.366. The van der Waals surface area contributed by atoms with Gasteiger partial charge in [-0.15, -0.1) is 0 Å². The number of nitrogens with zero attached hydrogens (tertiary/aromatic N) is 1. The van der Waals surface area contributed by atoms with E-state index in [4.69, 9.17) is 13.0 Å². The molecule has 4 aromatic rings. The first-order valence-corrected chi connectivity index (χ1v) is 13.1. The maximum atomic E-state index is 12.6. The third-order valence-corrected chi connectivity index (χ3v) is 6.10. The van der Waals surface area contributed by atoms with Crippen molar-refractivity contribution in [1.82, 2.24) is 14.9 Å². The number of aromatic amines is 2. The molecule has 1 aliphatic heterocycles. The Balaban J connectivity index is 0.000000527. The van der Waals surface area contributed by atoms with Crippen LogP contribution < -0.4 is 10.5 Å². The number of hydrogen-bond acceptors (Lipinski definition) is 5. The molecular formula is C25H28N4O5S. The smallest absolute Gasteiger partial charge is 0.257 e. The van der Waals surface area contributed by atoms with E-state index >= 15 is 0 Å². The largest absolute Gasteiger partial charge is 0.748 e. The Kier molecular flexibility index (Phi) is 7.06. The molecule has 0 radical (unpaired) electrons. The summed E-state index contributed by atoms with van der Waals surface area (Å²) >= 11 is 0. The van der Waals surface area contributed by atoms with E-state index in [0.29, 0.717) is 18.2 Å². The van der Waals surface area contributed by atoms with Crippen LogP contribution >= 0.6 is 0 Å². The number of H-pyrrole nitrogens is 2. The highest BCUT2D eigenvalue weighted by molar-refractivity contribution is 7.84. The van der Waals surface area contributed by atoms with E-state index in [-0.39, 0.29) is 11.5 Å². The number of pyridine rings is 1. The lowest BCUT2D eigenvalue weighted by Gasteiger charge is -2.17. The molecule has 0 aliphatic carbocycles. The first-order chi connectivity index (χ1) is 16.6. The maximum absolute atomic E-state index is 12.6. The molecule has 0 saturated carbocycles. The van der Waals surface area contributed by atoms with Crippen LogP contribution in [-0.4, -0.2) is 66.7 Å². The van der Waals surface area contributed by atoms with Crippen LogP contribution in [0.5, 0.6) is 0 Å². The van der Waals surface area contributed by atoms with E-state index in [0.717, 1.165) is 53.7 Å². The molecule has 3 heterocycles. The highest BCUT2D eigenvalue weighted by atomic mass is 32.2. The summed E-state index contributed by atoms with van der Waals surface area (Å²) in [7, 11) is -2.03. The number of likely N-dealkylation sites (N-methyl/N-ethyl adjacent to an activating group) is 1. The fourth-order valence-electron chi connectivity index (χ4n) is 4.30. The first kappa shape index (κ1) is 24.6. The van der Waals surface area contributed by atoms with Crippen molar-refractivity contribution in [1.29, 1.82) is 0 Å². The number of hydrogen-bond donors (Lipinski definition) is 3. The number of benzene rings is 2. The lowest BCUT2D eigenvalue weighted by molar-refractivity contribution is -0.911. The van der Waals surface area contributed by atoms with E-state index in [9.17, 15) is 9.59 Å². The second-order valence-corrected chi connectivity index (χ2v) is 10.3. The predicted octanol–water partition coefficient (Wildman–Crippen LogP) is 1.08. The van der Waals surface area contributed by atoms with E-state index in [2.05, 4.69) is 28.2 Å². The SMILES string of the molecule is CN1CC[NH+](Cc2ccc3[nH]c(-c4cc5ccccc5[nH]c4=O)cc3c2)CCC1=O.CS(=O)(=O)[O-]. The lowest BCUT2D eigenvalue weighted by Crippen LogP contribution is -3.11. The van der Waals surface area contributed by atoms with Crippen LogP contribution in [0.15, 0.2) is 59.4 Å². The van der Waals surface area contributed by atoms with Crippen LogP contribution in [0.25, 0.3) is 33.1 Å². The molecule has 184 valence electrons. The Morgan fingerprint density at radius 2 is 1.69 bits per heavy atom. The molecule has 0 bridgehead atoms. The fourth-order valence-corrected chi connectivity index (χ4v) is 4.30. The Morgan fingerprint density at radius 3 is 2.46 bits per heavy atom. The molecule has 9 nitrogen and oxygen atoms in total. The molecular weight excluding hydrogens is 468 g/mol. The summed E-state index contributed by atoms with van der Waals surface area (Å²) in [6.07, 6.45) is 1.21. The van der Waals surface area contributed by atoms with E-state index < -0.39 is 10.1 Å². The molecule has 10 heteroatoms. The summed E-state index contributed by atoms with van der Waals surface area (Å²) in [5, 5.41) is 2.10. The van der Waals surface area contributed by atoms with Crippen LogP contribution in [0.3, 0.4) is 0 Å². The lowest BCUT2D eigenvalue weighted by atomic mass is 10.1. The molecule has 2 aromatic heterocycles. The molecule has 1 fully saturated rings. The Labute approximate surface area is 203 Å². The van der Waals surface area contributed by atoms with Crippen LogP contribution in [0.2, 0.25) is 0 Å². The van der Waals surface area contributed by atoms with Crippen molar-refractivity contribution in [3.05, 3.63) is 70.5 Å². The summed E-state index contributed by atoms with van der Waals surface area (Å²) in [4.78, 5) is 34.1. The van der Waals surface area contributed by atoms with Crippen molar-refractivity contribution in [3.8, 4) is 11.3 Å². The highest BCUT2D eigenvalue weighted by Gasteiger charge is 2.21. The third-order valence-electron chi connectivity index (χ3n) is 6.10. The van der Waals surface area contributed by atoms with Gasteiger partial charge in [0, 0.05) is 35.3 Å². The van der Waals surface area contributed by atoms with Crippen molar-refractivity contribution in [2.24, 2.45) is 0 Å². The molecule has 3 N–H and O–H groups in total. The van der Waals surface area contributed by atoms with Gasteiger partial charge in [-0.25, -0.2) is 8.42 Å². The van der Waals surface area contributed by atoms with Gasteiger partial charge in [0.25, 0.3) is 5.56 Å².